The van der Waals surface area contributed by atoms with Crippen molar-refractivity contribution in [2.45, 2.75) is 31.2 Å². The molecule has 0 spiro atoms. The number of carbonyl (C=O) groups excluding carboxylic acids is 1. The summed E-state index contributed by atoms with van der Waals surface area (Å²) in [5.74, 6) is -0.216. The van der Waals surface area contributed by atoms with Crippen molar-refractivity contribution in [2.24, 2.45) is 0 Å². The van der Waals surface area contributed by atoms with Crippen LogP contribution in [0.4, 0.5) is 0 Å². The highest BCUT2D eigenvalue weighted by atomic mass is 32.2. The minimum absolute atomic E-state index is 0.216. The highest BCUT2D eigenvalue weighted by Gasteiger charge is 2.18. The zero-order valence-electron chi connectivity index (χ0n) is 12.5. The van der Waals surface area contributed by atoms with Crippen molar-refractivity contribution in [1.82, 2.24) is 14.9 Å². The first-order chi connectivity index (χ1) is 10.3. The summed E-state index contributed by atoms with van der Waals surface area (Å²) in [5.41, 5.74) is 1.51. The summed E-state index contributed by atoms with van der Waals surface area (Å²) in [6.45, 7) is 3.76. The molecule has 0 aliphatic carbocycles. The average Bonchev–Trinajstić information content (AvgIpc) is 2.95. The van der Waals surface area contributed by atoms with E-state index in [4.69, 9.17) is 0 Å². The number of hydrogen-bond acceptors (Lipinski definition) is 6. The molecule has 1 N–H and O–H groups in total. The SMILES string of the molecule is CCc1nnsc1C(=O)N[C@H](C)c1ccc(S(C)(=O)=O)cc1. The van der Waals surface area contributed by atoms with Gasteiger partial charge in [0.15, 0.2) is 9.84 Å². The number of benzene rings is 1. The van der Waals surface area contributed by atoms with E-state index >= 15 is 0 Å². The lowest BCUT2D eigenvalue weighted by Gasteiger charge is -2.14. The number of aryl methyl sites for hydroxylation is 1. The predicted molar refractivity (Wildman–Crippen MR) is 84.7 cm³/mol. The number of nitrogens with zero attached hydrogens (tertiary/aromatic N) is 2. The maximum atomic E-state index is 12.2. The molecule has 2 rings (SSSR count). The van der Waals surface area contributed by atoms with Crippen molar-refractivity contribution in [2.75, 3.05) is 6.26 Å². The Morgan fingerprint density at radius 3 is 2.50 bits per heavy atom. The molecular weight excluding hydrogens is 322 g/mol. The van der Waals surface area contributed by atoms with Gasteiger partial charge in [0, 0.05) is 6.26 Å². The van der Waals surface area contributed by atoms with Crippen LogP contribution in [0.1, 0.15) is 40.8 Å². The fourth-order valence-corrected chi connectivity index (χ4v) is 3.25. The lowest BCUT2D eigenvalue weighted by atomic mass is 10.1. The number of carbonyl (C=O) groups is 1. The molecule has 0 fully saturated rings. The minimum Gasteiger partial charge on any atom is -0.345 e. The molecule has 0 aliphatic rings. The van der Waals surface area contributed by atoms with Gasteiger partial charge in [0.25, 0.3) is 5.91 Å². The summed E-state index contributed by atoms with van der Waals surface area (Å²) < 4.78 is 26.7. The van der Waals surface area contributed by atoms with Gasteiger partial charge in [0.1, 0.15) is 4.88 Å². The molecule has 0 saturated carbocycles. The molecule has 0 aliphatic heterocycles. The molecule has 1 heterocycles. The van der Waals surface area contributed by atoms with E-state index in [2.05, 4.69) is 14.9 Å². The molecule has 0 radical (unpaired) electrons. The summed E-state index contributed by atoms with van der Waals surface area (Å²) in [4.78, 5) is 13.0. The van der Waals surface area contributed by atoms with Crippen LogP contribution in [-0.4, -0.2) is 30.2 Å². The first-order valence-corrected chi connectivity index (χ1v) is 9.41. The van der Waals surface area contributed by atoms with E-state index in [1.807, 2.05) is 13.8 Å². The number of rotatable bonds is 5. The molecule has 0 saturated heterocycles. The number of sulfone groups is 1. The lowest BCUT2D eigenvalue weighted by Crippen LogP contribution is -2.26. The van der Waals surface area contributed by atoms with Crippen molar-refractivity contribution in [3.63, 3.8) is 0 Å². The molecule has 0 unspecified atom stereocenters. The second-order valence-corrected chi connectivity index (χ2v) is 7.71. The van der Waals surface area contributed by atoms with Crippen molar-refractivity contribution < 1.29 is 13.2 Å². The van der Waals surface area contributed by atoms with Gasteiger partial charge in [-0.05, 0) is 42.6 Å². The van der Waals surface area contributed by atoms with Crippen LogP contribution in [0.15, 0.2) is 29.2 Å². The van der Waals surface area contributed by atoms with Gasteiger partial charge in [-0.1, -0.05) is 23.5 Å². The van der Waals surface area contributed by atoms with Gasteiger partial charge in [0.2, 0.25) is 0 Å². The van der Waals surface area contributed by atoms with Crippen LogP contribution in [0.5, 0.6) is 0 Å². The molecule has 0 bridgehead atoms. The average molecular weight is 339 g/mol. The topological polar surface area (TPSA) is 89.0 Å². The van der Waals surface area contributed by atoms with Gasteiger partial charge < -0.3 is 5.32 Å². The largest absolute Gasteiger partial charge is 0.345 e. The van der Waals surface area contributed by atoms with Crippen LogP contribution in [-0.2, 0) is 16.3 Å². The van der Waals surface area contributed by atoms with E-state index < -0.39 is 9.84 Å². The fraction of sp³-hybridized carbons (Fsp3) is 0.357. The maximum absolute atomic E-state index is 12.2. The van der Waals surface area contributed by atoms with Crippen molar-refractivity contribution in [1.29, 1.82) is 0 Å². The fourth-order valence-electron chi connectivity index (χ4n) is 1.96. The highest BCUT2D eigenvalue weighted by molar-refractivity contribution is 7.90. The quantitative estimate of drug-likeness (QED) is 0.900. The number of aromatic nitrogens is 2. The number of amides is 1. The Morgan fingerprint density at radius 2 is 1.95 bits per heavy atom. The van der Waals surface area contributed by atoms with Gasteiger partial charge in [-0.3, -0.25) is 4.79 Å². The molecular formula is C14H17N3O3S2. The van der Waals surface area contributed by atoms with Crippen LogP contribution in [0.2, 0.25) is 0 Å². The van der Waals surface area contributed by atoms with Crippen LogP contribution < -0.4 is 5.32 Å². The third-order valence-electron chi connectivity index (χ3n) is 3.25. The van der Waals surface area contributed by atoms with Crippen molar-refractivity contribution in [3.8, 4) is 0 Å². The summed E-state index contributed by atoms with van der Waals surface area (Å²) >= 11 is 1.07. The van der Waals surface area contributed by atoms with E-state index in [-0.39, 0.29) is 16.8 Å². The number of nitrogens with one attached hydrogen (secondary N) is 1. The van der Waals surface area contributed by atoms with Crippen LogP contribution in [0.25, 0.3) is 0 Å². The molecule has 118 valence electrons. The van der Waals surface area contributed by atoms with Gasteiger partial charge in [0.05, 0.1) is 16.6 Å². The Balaban J connectivity index is 2.12. The summed E-state index contributed by atoms with van der Waals surface area (Å²) in [6, 6.07) is 6.24. The molecule has 1 atom stereocenters. The Labute approximate surface area is 133 Å². The van der Waals surface area contributed by atoms with E-state index in [1.54, 1.807) is 24.3 Å². The normalized spacial score (nSPS) is 12.9. The second-order valence-electron chi connectivity index (χ2n) is 4.94. The van der Waals surface area contributed by atoms with Crippen LogP contribution in [0, 0.1) is 0 Å². The lowest BCUT2D eigenvalue weighted by molar-refractivity contribution is 0.0943. The molecule has 1 amide bonds. The molecule has 22 heavy (non-hydrogen) atoms. The first-order valence-electron chi connectivity index (χ1n) is 6.75. The van der Waals surface area contributed by atoms with Crippen LogP contribution >= 0.6 is 11.5 Å². The molecule has 1 aromatic carbocycles. The summed E-state index contributed by atoms with van der Waals surface area (Å²) in [5, 5.41) is 6.79. The number of hydrogen-bond donors (Lipinski definition) is 1. The van der Waals surface area contributed by atoms with Crippen LogP contribution in [0.3, 0.4) is 0 Å². The molecule has 1 aromatic heterocycles. The highest BCUT2D eigenvalue weighted by Crippen LogP contribution is 2.18. The molecule has 2 aromatic rings. The Bertz CT molecular complexity index is 767. The maximum Gasteiger partial charge on any atom is 0.265 e. The molecule has 8 heteroatoms. The third-order valence-corrected chi connectivity index (χ3v) is 5.15. The zero-order chi connectivity index (χ0) is 16.3. The van der Waals surface area contributed by atoms with Gasteiger partial charge >= 0.3 is 0 Å². The van der Waals surface area contributed by atoms with Gasteiger partial charge in [-0.15, -0.1) is 5.10 Å². The van der Waals surface area contributed by atoms with E-state index in [0.29, 0.717) is 17.0 Å². The Kier molecular flexibility index (Phi) is 4.92. The summed E-state index contributed by atoms with van der Waals surface area (Å²) in [7, 11) is -3.22. The van der Waals surface area contributed by atoms with Crippen molar-refractivity contribution in [3.05, 3.63) is 40.4 Å². The standard InChI is InChI=1S/C14H17N3O3S2/c1-4-12-13(21-17-16-12)14(18)15-9(2)10-5-7-11(8-6-10)22(3,19)20/h5-9H,4H2,1-3H3,(H,15,18)/t9-/m1/s1. The Hall–Kier alpha value is -1.80. The third kappa shape index (κ3) is 3.69. The van der Waals surface area contributed by atoms with Gasteiger partial charge in [-0.25, -0.2) is 8.42 Å². The second kappa shape index (κ2) is 6.53. The van der Waals surface area contributed by atoms with Gasteiger partial charge in [-0.2, -0.15) is 0 Å². The van der Waals surface area contributed by atoms with E-state index in [9.17, 15) is 13.2 Å². The predicted octanol–water partition coefficient (Wildman–Crippen LogP) is 2.00. The monoisotopic (exact) mass is 339 g/mol. The van der Waals surface area contributed by atoms with Crippen molar-refractivity contribution >= 4 is 27.3 Å². The Morgan fingerprint density at radius 1 is 1.32 bits per heavy atom. The zero-order valence-corrected chi connectivity index (χ0v) is 14.2. The first kappa shape index (κ1) is 16.6. The smallest absolute Gasteiger partial charge is 0.265 e. The molecule has 6 nitrogen and oxygen atoms in total. The van der Waals surface area contributed by atoms with E-state index in [1.165, 1.54) is 0 Å². The minimum atomic E-state index is -3.22. The summed E-state index contributed by atoms with van der Waals surface area (Å²) in [6.07, 6.45) is 1.81. The van der Waals surface area contributed by atoms with E-state index in [0.717, 1.165) is 23.4 Å².